The van der Waals surface area contributed by atoms with Gasteiger partial charge in [-0.3, -0.25) is 9.48 Å². The van der Waals surface area contributed by atoms with Crippen LogP contribution in [0.2, 0.25) is 0 Å². The molecule has 0 aliphatic heterocycles. The number of nitrogens with zero attached hydrogens (tertiary/aromatic N) is 3. The molecule has 0 unspecified atom stereocenters. The van der Waals surface area contributed by atoms with Crippen molar-refractivity contribution in [2.45, 2.75) is 44.6 Å². The van der Waals surface area contributed by atoms with E-state index in [9.17, 15) is 4.79 Å². The largest absolute Gasteiger partial charge is 0.302 e. The van der Waals surface area contributed by atoms with Gasteiger partial charge < -0.3 is 4.90 Å². The third-order valence-electron chi connectivity index (χ3n) is 3.48. The van der Waals surface area contributed by atoms with Crippen LogP contribution in [0.5, 0.6) is 0 Å². The van der Waals surface area contributed by atoms with Gasteiger partial charge in [0.25, 0.3) is 0 Å². The Morgan fingerprint density at radius 1 is 1.39 bits per heavy atom. The predicted molar refractivity (Wildman–Crippen MR) is 71.6 cm³/mol. The molecule has 0 amide bonds. The van der Waals surface area contributed by atoms with E-state index < -0.39 is 0 Å². The first-order valence-electron chi connectivity index (χ1n) is 6.85. The molecule has 1 aromatic rings. The molecule has 4 nitrogen and oxygen atoms in total. The van der Waals surface area contributed by atoms with E-state index in [0.717, 1.165) is 5.69 Å². The van der Waals surface area contributed by atoms with Gasteiger partial charge in [0.1, 0.15) is 0 Å². The minimum absolute atomic E-state index is 0.230. The number of rotatable bonds is 5. The zero-order valence-electron chi connectivity index (χ0n) is 11.4. The summed E-state index contributed by atoms with van der Waals surface area (Å²) in [5.74, 6) is 0.230. The molecular weight excluding hydrogens is 226 g/mol. The molecule has 18 heavy (non-hydrogen) atoms. The molecule has 1 heterocycles. The molecule has 100 valence electrons. The first-order valence-corrected chi connectivity index (χ1v) is 6.85. The first-order chi connectivity index (χ1) is 8.65. The average molecular weight is 249 g/mol. The zero-order valence-corrected chi connectivity index (χ0v) is 11.4. The average Bonchev–Trinajstić information content (AvgIpc) is 2.77. The van der Waals surface area contributed by atoms with E-state index in [1.54, 1.807) is 0 Å². The summed E-state index contributed by atoms with van der Waals surface area (Å²) in [6, 6.07) is 2.54. The zero-order chi connectivity index (χ0) is 13.0. The molecule has 1 aromatic heterocycles. The molecule has 0 saturated heterocycles. The Morgan fingerprint density at radius 2 is 2.11 bits per heavy atom. The highest BCUT2D eigenvalue weighted by Gasteiger charge is 2.16. The van der Waals surface area contributed by atoms with Crippen LogP contribution in [0, 0.1) is 0 Å². The summed E-state index contributed by atoms with van der Waals surface area (Å²) in [5.41, 5.74) is 0.910. The van der Waals surface area contributed by atoms with Gasteiger partial charge >= 0.3 is 0 Å². The number of hydrogen-bond donors (Lipinski definition) is 0. The molecule has 0 radical (unpaired) electrons. The molecule has 4 heteroatoms. The SMILES string of the molecule is CN(C)CC(=O)Cc1ccn(C2CCCCC2)n1. The highest BCUT2D eigenvalue weighted by Crippen LogP contribution is 2.27. The lowest BCUT2D eigenvalue weighted by Gasteiger charge is -2.21. The van der Waals surface area contributed by atoms with Gasteiger partial charge in [-0.2, -0.15) is 5.10 Å². The number of ketones is 1. The number of hydrogen-bond acceptors (Lipinski definition) is 3. The first kappa shape index (κ1) is 13.3. The van der Waals surface area contributed by atoms with Crippen molar-refractivity contribution in [3.05, 3.63) is 18.0 Å². The van der Waals surface area contributed by atoms with Gasteiger partial charge in [-0.25, -0.2) is 0 Å². The van der Waals surface area contributed by atoms with Gasteiger partial charge in [-0.05, 0) is 33.0 Å². The third-order valence-corrected chi connectivity index (χ3v) is 3.48. The summed E-state index contributed by atoms with van der Waals surface area (Å²) in [4.78, 5) is 13.6. The van der Waals surface area contributed by atoms with Crippen LogP contribution in [-0.2, 0) is 11.2 Å². The number of Topliss-reactive ketones (excluding diaryl/α,β-unsaturated/α-hetero) is 1. The Morgan fingerprint density at radius 3 is 2.78 bits per heavy atom. The van der Waals surface area contributed by atoms with E-state index in [1.807, 2.05) is 31.3 Å². The predicted octanol–water partition coefficient (Wildman–Crippen LogP) is 2.06. The maximum absolute atomic E-state index is 11.7. The van der Waals surface area contributed by atoms with Gasteiger partial charge in [-0.1, -0.05) is 19.3 Å². The van der Waals surface area contributed by atoms with E-state index in [0.29, 0.717) is 19.0 Å². The molecule has 1 aliphatic carbocycles. The Bertz CT molecular complexity index is 391. The number of likely N-dealkylation sites (N-methyl/N-ethyl adjacent to an activating group) is 1. The van der Waals surface area contributed by atoms with Gasteiger partial charge in [0.15, 0.2) is 5.78 Å². The van der Waals surface area contributed by atoms with Crippen LogP contribution in [-0.4, -0.2) is 41.1 Å². The molecule has 0 atom stereocenters. The minimum Gasteiger partial charge on any atom is -0.302 e. The summed E-state index contributed by atoms with van der Waals surface area (Å²) >= 11 is 0. The smallest absolute Gasteiger partial charge is 0.152 e. The summed E-state index contributed by atoms with van der Waals surface area (Å²) in [5, 5.41) is 4.56. The molecule has 0 bridgehead atoms. The van der Waals surface area contributed by atoms with Crippen molar-refractivity contribution in [3.8, 4) is 0 Å². The van der Waals surface area contributed by atoms with Crippen molar-refractivity contribution in [1.29, 1.82) is 0 Å². The van der Waals surface area contributed by atoms with E-state index in [4.69, 9.17) is 0 Å². The van der Waals surface area contributed by atoms with Crippen molar-refractivity contribution in [3.63, 3.8) is 0 Å². The molecule has 2 rings (SSSR count). The van der Waals surface area contributed by atoms with Crippen molar-refractivity contribution in [1.82, 2.24) is 14.7 Å². The van der Waals surface area contributed by atoms with Crippen LogP contribution in [0.1, 0.15) is 43.8 Å². The fourth-order valence-corrected chi connectivity index (χ4v) is 2.63. The van der Waals surface area contributed by atoms with Crippen LogP contribution in [0.4, 0.5) is 0 Å². The van der Waals surface area contributed by atoms with Crippen molar-refractivity contribution in [2.75, 3.05) is 20.6 Å². The maximum atomic E-state index is 11.7. The molecule has 0 N–H and O–H groups in total. The van der Waals surface area contributed by atoms with Crippen LogP contribution in [0.3, 0.4) is 0 Å². The lowest BCUT2D eigenvalue weighted by molar-refractivity contribution is -0.119. The van der Waals surface area contributed by atoms with Crippen LogP contribution in [0.25, 0.3) is 0 Å². The topological polar surface area (TPSA) is 38.1 Å². The van der Waals surface area contributed by atoms with E-state index >= 15 is 0 Å². The Balaban J connectivity index is 1.91. The van der Waals surface area contributed by atoms with Gasteiger partial charge in [0, 0.05) is 6.20 Å². The standard InChI is InChI=1S/C14H23N3O/c1-16(2)11-14(18)10-12-8-9-17(15-12)13-6-4-3-5-7-13/h8-9,13H,3-7,10-11H2,1-2H3. The second-order valence-corrected chi connectivity index (χ2v) is 5.53. The Kier molecular flexibility index (Phi) is 4.53. The lowest BCUT2D eigenvalue weighted by atomic mass is 9.96. The monoisotopic (exact) mass is 249 g/mol. The van der Waals surface area contributed by atoms with Gasteiger partial charge in [0.05, 0.1) is 24.7 Å². The fourth-order valence-electron chi connectivity index (χ4n) is 2.63. The van der Waals surface area contributed by atoms with Crippen LogP contribution < -0.4 is 0 Å². The highest BCUT2D eigenvalue weighted by atomic mass is 16.1. The number of carbonyl (C=O) groups is 1. The summed E-state index contributed by atoms with van der Waals surface area (Å²) < 4.78 is 2.07. The summed E-state index contributed by atoms with van der Waals surface area (Å²) in [7, 11) is 3.83. The Labute approximate surface area is 109 Å². The van der Waals surface area contributed by atoms with Crippen molar-refractivity contribution >= 4 is 5.78 Å². The van der Waals surface area contributed by atoms with Crippen molar-refractivity contribution in [2.24, 2.45) is 0 Å². The van der Waals surface area contributed by atoms with Crippen LogP contribution >= 0.6 is 0 Å². The van der Waals surface area contributed by atoms with E-state index in [1.165, 1.54) is 32.1 Å². The number of carbonyl (C=O) groups excluding carboxylic acids is 1. The lowest BCUT2D eigenvalue weighted by Crippen LogP contribution is -2.23. The van der Waals surface area contributed by atoms with Gasteiger partial charge in [0.2, 0.25) is 0 Å². The summed E-state index contributed by atoms with van der Waals surface area (Å²) in [6.07, 6.45) is 8.91. The Hall–Kier alpha value is -1.16. The van der Waals surface area contributed by atoms with Gasteiger partial charge in [-0.15, -0.1) is 0 Å². The minimum atomic E-state index is 0.230. The van der Waals surface area contributed by atoms with Crippen LogP contribution in [0.15, 0.2) is 12.3 Å². The molecular formula is C14H23N3O. The second kappa shape index (κ2) is 6.14. The molecule has 1 fully saturated rings. The van der Waals surface area contributed by atoms with E-state index in [-0.39, 0.29) is 5.78 Å². The quantitative estimate of drug-likeness (QED) is 0.801. The molecule has 1 saturated carbocycles. The molecule has 1 aliphatic rings. The van der Waals surface area contributed by atoms with E-state index in [2.05, 4.69) is 9.78 Å². The van der Waals surface area contributed by atoms with Crippen molar-refractivity contribution < 1.29 is 4.79 Å². The summed E-state index contributed by atoms with van der Waals surface area (Å²) in [6.45, 7) is 0.496. The molecule has 0 spiro atoms. The second-order valence-electron chi connectivity index (χ2n) is 5.53. The normalized spacial score (nSPS) is 17.3. The molecule has 0 aromatic carbocycles. The fraction of sp³-hybridized carbons (Fsp3) is 0.714. The highest BCUT2D eigenvalue weighted by molar-refractivity contribution is 5.82. The maximum Gasteiger partial charge on any atom is 0.152 e. The third kappa shape index (κ3) is 3.67. The number of aromatic nitrogens is 2.